The normalized spacial score (nSPS) is 12.6. The highest BCUT2D eigenvalue weighted by molar-refractivity contribution is 6.31. The summed E-state index contributed by atoms with van der Waals surface area (Å²) in [5.74, 6) is 0. The summed E-state index contributed by atoms with van der Waals surface area (Å²) in [6.07, 6.45) is 6.25. The number of halogens is 1. The fourth-order valence-corrected chi connectivity index (χ4v) is 2.39. The van der Waals surface area contributed by atoms with Gasteiger partial charge in [0.15, 0.2) is 0 Å². The molecule has 5 heteroatoms. The minimum absolute atomic E-state index is 0.0764. The highest BCUT2D eigenvalue weighted by Gasteiger charge is 2.14. The van der Waals surface area contributed by atoms with Crippen molar-refractivity contribution < 1.29 is 0 Å². The van der Waals surface area contributed by atoms with Gasteiger partial charge in [-0.2, -0.15) is 5.10 Å². The summed E-state index contributed by atoms with van der Waals surface area (Å²) in [7, 11) is 1.90. The lowest BCUT2D eigenvalue weighted by atomic mass is 10.0. The number of aromatic nitrogens is 3. The van der Waals surface area contributed by atoms with Crippen LogP contribution in [0.25, 0.3) is 0 Å². The maximum absolute atomic E-state index is 6.23. The highest BCUT2D eigenvalue weighted by Crippen LogP contribution is 2.21. The largest absolute Gasteiger partial charge is 0.327 e. The second-order valence-corrected chi connectivity index (χ2v) is 5.21. The number of aryl methyl sites for hydroxylation is 3. The zero-order valence-corrected chi connectivity index (χ0v) is 12.1. The van der Waals surface area contributed by atoms with Crippen LogP contribution in [0.4, 0.5) is 0 Å². The average molecular weight is 279 g/mol. The average Bonchev–Trinajstić information content (AvgIpc) is 2.64. The molecule has 0 bridgehead atoms. The Morgan fingerprint density at radius 2 is 2.26 bits per heavy atom. The van der Waals surface area contributed by atoms with E-state index in [-0.39, 0.29) is 6.04 Å². The van der Waals surface area contributed by atoms with E-state index in [2.05, 4.69) is 16.1 Å². The predicted molar refractivity (Wildman–Crippen MR) is 77.2 cm³/mol. The molecule has 0 amide bonds. The third-order valence-electron chi connectivity index (χ3n) is 3.24. The molecule has 2 heterocycles. The zero-order chi connectivity index (χ0) is 13.8. The van der Waals surface area contributed by atoms with Crippen LogP contribution in [-0.4, -0.2) is 20.8 Å². The molecule has 0 aliphatic carbocycles. The van der Waals surface area contributed by atoms with Gasteiger partial charge in [0.05, 0.1) is 16.4 Å². The van der Waals surface area contributed by atoms with Gasteiger partial charge in [0.1, 0.15) is 0 Å². The lowest BCUT2D eigenvalue weighted by Crippen LogP contribution is -2.25. The smallest absolute Gasteiger partial charge is 0.0847 e. The molecule has 102 valence electrons. The second-order valence-electron chi connectivity index (χ2n) is 4.83. The summed E-state index contributed by atoms with van der Waals surface area (Å²) < 4.78 is 1.82. The third-order valence-corrected chi connectivity index (χ3v) is 3.74. The Kier molecular flexibility index (Phi) is 4.56. The van der Waals surface area contributed by atoms with E-state index in [1.165, 1.54) is 5.56 Å². The molecular formula is C14H19ClN4. The maximum Gasteiger partial charge on any atom is 0.0847 e. The third kappa shape index (κ3) is 3.55. The van der Waals surface area contributed by atoms with Crippen molar-refractivity contribution in [2.45, 2.75) is 32.2 Å². The molecule has 0 saturated heterocycles. The molecule has 0 aliphatic rings. The van der Waals surface area contributed by atoms with Gasteiger partial charge in [-0.25, -0.2) is 0 Å². The van der Waals surface area contributed by atoms with E-state index < -0.39 is 0 Å². The summed E-state index contributed by atoms with van der Waals surface area (Å²) in [6, 6.07) is 4.09. The molecule has 0 saturated carbocycles. The van der Waals surface area contributed by atoms with Crippen LogP contribution in [0.3, 0.4) is 0 Å². The van der Waals surface area contributed by atoms with Crippen LogP contribution in [0.5, 0.6) is 0 Å². The molecule has 0 fully saturated rings. The Morgan fingerprint density at radius 3 is 2.84 bits per heavy atom. The van der Waals surface area contributed by atoms with Crippen molar-refractivity contribution >= 4 is 11.6 Å². The first kappa shape index (κ1) is 14.0. The van der Waals surface area contributed by atoms with Crippen molar-refractivity contribution in [2.75, 3.05) is 0 Å². The summed E-state index contributed by atoms with van der Waals surface area (Å²) >= 11 is 6.23. The fourth-order valence-electron chi connectivity index (χ4n) is 2.15. The van der Waals surface area contributed by atoms with E-state index in [9.17, 15) is 0 Å². The van der Waals surface area contributed by atoms with Crippen molar-refractivity contribution in [3.05, 3.63) is 46.5 Å². The van der Waals surface area contributed by atoms with Gasteiger partial charge in [0.2, 0.25) is 0 Å². The van der Waals surface area contributed by atoms with E-state index in [0.717, 1.165) is 35.7 Å². The summed E-state index contributed by atoms with van der Waals surface area (Å²) in [5, 5.41) is 5.04. The minimum atomic E-state index is 0.0764. The van der Waals surface area contributed by atoms with Crippen molar-refractivity contribution in [1.82, 2.24) is 14.8 Å². The van der Waals surface area contributed by atoms with E-state index in [1.807, 2.05) is 30.9 Å². The number of pyridine rings is 1. The molecule has 2 aromatic rings. The number of hydrogen-bond donors (Lipinski definition) is 1. The Bertz CT molecular complexity index is 536. The number of nitrogens with zero attached hydrogens (tertiary/aromatic N) is 3. The lowest BCUT2D eigenvalue weighted by molar-refractivity contribution is 0.577. The van der Waals surface area contributed by atoms with Crippen molar-refractivity contribution in [3.8, 4) is 0 Å². The van der Waals surface area contributed by atoms with E-state index in [1.54, 1.807) is 6.20 Å². The van der Waals surface area contributed by atoms with Crippen LogP contribution in [0, 0.1) is 6.92 Å². The molecule has 0 radical (unpaired) electrons. The van der Waals surface area contributed by atoms with Gasteiger partial charge in [-0.1, -0.05) is 17.7 Å². The number of rotatable bonds is 5. The van der Waals surface area contributed by atoms with Crippen LogP contribution in [0.15, 0.2) is 24.5 Å². The molecule has 0 spiro atoms. The van der Waals surface area contributed by atoms with Crippen LogP contribution in [0.2, 0.25) is 5.02 Å². The molecule has 0 aromatic carbocycles. The van der Waals surface area contributed by atoms with Crippen LogP contribution in [-0.2, 0) is 19.9 Å². The van der Waals surface area contributed by atoms with Crippen LogP contribution >= 0.6 is 11.6 Å². The monoisotopic (exact) mass is 278 g/mol. The second kappa shape index (κ2) is 6.17. The quantitative estimate of drug-likeness (QED) is 0.913. The zero-order valence-electron chi connectivity index (χ0n) is 11.3. The first-order valence-electron chi connectivity index (χ1n) is 6.40. The molecule has 4 nitrogen and oxygen atoms in total. The van der Waals surface area contributed by atoms with Gasteiger partial charge in [-0.3, -0.25) is 9.67 Å². The van der Waals surface area contributed by atoms with E-state index >= 15 is 0 Å². The molecular weight excluding hydrogens is 260 g/mol. The number of nitrogens with two attached hydrogens (primary N) is 1. The summed E-state index contributed by atoms with van der Waals surface area (Å²) in [6.45, 7) is 1.91. The minimum Gasteiger partial charge on any atom is -0.327 e. The van der Waals surface area contributed by atoms with Gasteiger partial charge in [-0.05, 0) is 31.4 Å². The first-order chi connectivity index (χ1) is 9.08. The first-order valence-corrected chi connectivity index (χ1v) is 6.78. The molecule has 2 aromatic heterocycles. The van der Waals surface area contributed by atoms with Crippen LogP contribution in [0.1, 0.15) is 23.4 Å². The molecule has 1 unspecified atom stereocenters. The molecule has 19 heavy (non-hydrogen) atoms. The van der Waals surface area contributed by atoms with Gasteiger partial charge in [0, 0.05) is 31.9 Å². The molecule has 1 atom stereocenters. The van der Waals surface area contributed by atoms with E-state index in [4.69, 9.17) is 17.3 Å². The lowest BCUT2D eigenvalue weighted by Gasteiger charge is -2.12. The Morgan fingerprint density at radius 1 is 1.47 bits per heavy atom. The topological polar surface area (TPSA) is 56.7 Å². The van der Waals surface area contributed by atoms with Gasteiger partial charge < -0.3 is 5.73 Å². The predicted octanol–water partition coefficient (Wildman–Crippen LogP) is 2.28. The highest BCUT2D eigenvalue weighted by atomic mass is 35.5. The standard InChI is InChI=1S/C14H19ClN4/c1-10-14(15)13(19(2)18-10)8-12(16)6-5-11-4-3-7-17-9-11/h3-4,7,9,12H,5-6,8,16H2,1-2H3. The Hall–Kier alpha value is -1.39. The van der Waals surface area contributed by atoms with Crippen LogP contribution < -0.4 is 5.73 Å². The van der Waals surface area contributed by atoms with Gasteiger partial charge in [-0.15, -0.1) is 0 Å². The summed E-state index contributed by atoms with van der Waals surface area (Å²) in [5.41, 5.74) is 9.27. The van der Waals surface area contributed by atoms with Crippen molar-refractivity contribution in [2.24, 2.45) is 12.8 Å². The van der Waals surface area contributed by atoms with E-state index in [0.29, 0.717) is 0 Å². The number of hydrogen-bond acceptors (Lipinski definition) is 3. The van der Waals surface area contributed by atoms with Gasteiger partial charge in [0.25, 0.3) is 0 Å². The maximum atomic E-state index is 6.23. The summed E-state index contributed by atoms with van der Waals surface area (Å²) in [4.78, 5) is 4.10. The molecule has 2 rings (SSSR count). The van der Waals surface area contributed by atoms with Gasteiger partial charge >= 0.3 is 0 Å². The van der Waals surface area contributed by atoms with Crippen molar-refractivity contribution in [3.63, 3.8) is 0 Å². The Balaban J connectivity index is 1.92. The Labute approximate surface area is 118 Å². The molecule has 0 aliphatic heterocycles. The van der Waals surface area contributed by atoms with Crippen molar-refractivity contribution in [1.29, 1.82) is 0 Å². The fraction of sp³-hybridized carbons (Fsp3) is 0.429. The molecule has 2 N–H and O–H groups in total. The SMILES string of the molecule is Cc1nn(C)c(CC(N)CCc2cccnc2)c1Cl.